The monoisotopic (exact) mass is 177 g/mol. The minimum absolute atomic E-state index is 0. The number of nitrogens with two attached hydrogens (primary N) is 1. The molecule has 0 aliphatic heterocycles. The molecular formula is C8H16ClNO. The molecule has 0 aromatic rings. The van der Waals surface area contributed by atoms with Gasteiger partial charge in [0.2, 0.25) is 0 Å². The third-order valence-electron chi connectivity index (χ3n) is 2.51. The summed E-state index contributed by atoms with van der Waals surface area (Å²) in [4.78, 5) is 11.3. The van der Waals surface area contributed by atoms with Crippen molar-refractivity contribution in [3.63, 3.8) is 0 Å². The van der Waals surface area contributed by atoms with Crippen LogP contribution in [-0.2, 0) is 4.79 Å². The molecule has 1 aliphatic rings. The molecule has 1 unspecified atom stereocenters. The Labute approximate surface area is 73.9 Å². The highest BCUT2D eigenvalue weighted by atomic mass is 35.5. The van der Waals surface area contributed by atoms with E-state index in [1.807, 2.05) is 6.92 Å². The Morgan fingerprint density at radius 1 is 1.55 bits per heavy atom. The van der Waals surface area contributed by atoms with Gasteiger partial charge in [-0.3, -0.25) is 4.79 Å². The normalized spacial score (nSPS) is 31.3. The molecule has 1 fully saturated rings. The summed E-state index contributed by atoms with van der Waals surface area (Å²) in [5, 5.41) is 0. The van der Waals surface area contributed by atoms with Crippen molar-refractivity contribution in [3.8, 4) is 0 Å². The molecule has 0 bridgehead atoms. The van der Waals surface area contributed by atoms with E-state index in [2.05, 4.69) is 0 Å². The van der Waals surface area contributed by atoms with E-state index in [1.54, 1.807) is 0 Å². The summed E-state index contributed by atoms with van der Waals surface area (Å²) >= 11 is 0. The number of hydrogen-bond donors (Lipinski definition) is 1. The summed E-state index contributed by atoms with van der Waals surface area (Å²) in [6, 6.07) is 0. The van der Waals surface area contributed by atoms with E-state index >= 15 is 0 Å². The number of halogens is 1. The lowest BCUT2D eigenvalue weighted by atomic mass is 9.75. The van der Waals surface area contributed by atoms with Crippen molar-refractivity contribution in [2.24, 2.45) is 11.1 Å². The molecule has 1 aliphatic carbocycles. The average Bonchev–Trinajstić information content (AvgIpc) is 1.96. The van der Waals surface area contributed by atoms with Gasteiger partial charge in [0.05, 0.1) is 0 Å². The average molecular weight is 178 g/mol. The van der Waals surface area contributed by atoms with Gasteiger partial charge in [0, 0.05) is 18.4 Å². The maximum atomic E-state index is 11.3. The Morgan fingerprint density at radius 3 is 2.55 bits per heavy atom. The van der Waals surface area contributed by atoms with Crippen LogP contribution in [0, 0.1) is 5.41 Å². The van der Waals surface area contributed by atoms with Gasteiger partial charge in [-0.05, 0) is 12.8 Å². The molecule has 0 amide bonds. The molecule has 11 heavy (non-hydrogen) atoms. The molecule has 0 aromatic heterocycles. The first-order chi connectivity index (χ1) is 4.69. The van der Waals surface area contributed by atoms with Gasteiger partial charge in [0.25, 0.3) is 0 Å². The van der Waals surface area contributed by atoms with Gasteiger partial charge >= 0.3 is 0 Å². The van der Waals surface area contributed by atoms with Crippen molar-refractivity contribution < 1.29 is 4.79 Å². The second-order valence-electron chi connectivity index (χ2n) is 3.40. The fraction of sp³-hybridized carbons (Fsp3) is 0.875. The quantitative estimate of drug-likeness (QED) is 0.660. The number of hydrogen-bond acceptors (Lipinski definition) is 2. The van der Waals surface area contributed by atoms with Crippen molar-refractivity contribution in [2.45, 2.75) is 32.6 Å². The zero-order valence-electron chi connectivity index (χ0n) is 6.93. The molecule has 1 saturated carbocycles. The van der Waals surface area contributed by atoms with Gasteiger partial charge in [-0.15, -0.1) is 12.4 Å². The van der Waals surface area contributed by atoms with Gasteiger partial charge in [0.15, 0.2) is 0 Å². The van der Waals surface area contributed by atoms with E-state index in [4.69, 9.17) is 5.73 Å². The summed E-state index contributed by atoms with van der Waals surface area (Å²) in [5.74, 6) is 0.362. The summed E-state index contributed by atoms with van der Waals surface area (Å²) in [5.41, 5.74) is 5.32. The minimum atomic E-state index is -0.182. The Kier molecular flexibility index (Phi) is 4.04. The van der Waals surface area contributed by atoms with Crippen LogP contribution in [0.2, 0.25) is 0 Å². The van der Waals surface area contributed by atoms with Crippen molar-refractivity contribution >= 4 is 18.2 Å². The fourth-order valence-electron chi connectivity index (χ4n) is 1.46. The van der Waals surface area contributed by atoms with Crippen LogP contribution < -0.4 is 5.73 Å². The molecule has 3 heteroatoms. The van der Waals surface area contributed by atoms with E-state index in [1.165, 1.54) is 6.42 Å². The highest BCUT2D eigenvalue weighted by Crippen LogP contribution is 2.31. The van der Waals surface area contributed by atoms with E-state index in [0.717, 1.165) is 19.3 Å². The van der Waals surface area contributed by atoms with E-state index in [-0.39, 0.29) is 17.8 Å². The number of carbonyl (C=O) groups excluding carboxylic acids is 1. The Balaban J connectivity index is 0.000001000. The van der Waals surface area contributed by atoms with E-state index in [9.17, 15) is 4.79 Å². The lowest BCUT2D eigenvalue weighted by Crippen LogP contribution is -2.37. The standard InChI is InChI=1S/C8H15NO.ClH/c1-8(6-9)5-3-2-4-7(8)10;/h2-6,9H2,1H3;1H. The van der Waals surface area contributed by atoms with Crippen molar-refractivity contribution in [1.29, 1.82) is 0 Å². The minimum Gasteiger partial charge on any atom is -0.329 e. The third kappa shape index (κ3) is 2.17. The van der Waals surface area contributed by atoms with Crippen LogP contribution >= 0.6 is 12.4 Å². The Morgan fingerprint density at radius 2 is 2.18 bits per heavy atom. The molecule has 0 spiro atoms. The van der Waals surface area contributed by atoms with Crippen LogP contribution in [0.4, 0.5) is 0 Å². The molecule has 66 valence electrons. The maximum absolute atomic E-state index is 11.3. The molecule has 2 nitrogen and oxygen atoms in total. The SMILES string of the molecule is CC1(CN)CCCCC1=O.Cl. The van der Waals surface area contributed by atoms with Gasteiger partial charge < -0.3 is 5.73 Å². The highest BCUT2D eigenvalue weighted by Gasteiger charge is 2.33. The first kappa shape index (κ1) is 10.9. The summed E-state index contributed by atoms with van der Waals surface area (Å²) < 4.78 is 0. The van der Waals surface area contributed by atoms with E-state index in [0.29, 0.717) is 12.3 Å². The third-order valence-corrected chi connectivity index (χ3v) is 2.51. The number of carbonyl (C=O) groups is 1. The smallest absolute Gasteiger partial charge is 0.140 e. The van der Waals surface area contributed by atoms with Crippen LogP contribution in [0.1, 0.15) is 32.6 Å². The van der Waals surface area contributed by atoms with Crippen LogP contribution in [0.3, 0.4) is 0 Å². The Bertz CT molecular complexity index is 149. The van der Waals surface area contributed by atoms with Crippen LogP contribution in [0.25, 0.3) is 0 Å². The molecule has 0 aromatic carbocycles. The second kappa shape index (κ2) is 4.07. The van der Waals surface area contributed by atoms with Crippen LogP contribution in [0.15, 0.2) is 0 Å². The highest BCUT2D eigenvalue weighted by molar-refractivity contribution is 5.85. The topological polar surface area (TPSA) is 43.1 Å². The molecular weight excluding hydrogens is 162 g/mol. The Hall–Kier alpha value is -0.0800. The molecule has 2 N–H and O–H groups in total. The van der Waals surface area contributed by atoms with Gasteiger partial charge in [0.1, 0.15) is 5.78 Å². The molecule has 0 heterocycles. The lowest BCUT2D eigenvalue weighted by Gasteiger charge is -2.30. The molecule has 1 rings (SSSR count). The number of ketones is 1. The zero-order chi connectivity index (χ0) is 7.61. The first-order valence-corrected chi connectivity index (χ1v) is 3.92. The second-order valence-corrected chi connectivity index (χ2v) is 3.40. The fourth-order valence-corrected chi connectivity index (χ4v) is 1.46. The summed E-state index contributed by atoms with van der Waals surface area (Å²) in [6.45, 7) is 2.50. The molecule has 0 radical (unpaired) electrons. The largest absolute Gasteiger partial charge is 0.329 e. The predicted molar refractivity (Wildman–Crippen MR) is 47.9 cm³/mol. The lowest BCUT2D eigenvalue weighted by molar-refractivity contribution is -0.129. The maximum Gasteiger partial charge on any atom is 0.140 e. The van der Waals surface area contributed by atoms with Crippen molar-refractivity contribution in [3.05, 3.63) is 0 Å². The number of rotatable bonds is 1. The van der Waals surface area contributed by atoms with E-state index < -0.39 is 0 Å². The van der Waals surface area contributed by atoms with Gasteiger partial charge in [-0.25, -0.2) is 0 Å². The van der Waals surface area contributed by atoms with Gasteiger partial charge in [-0.2, -0.15) is 0 Å². The van der Waals surface area contributed by atoms with Gasteiger partial charge in [-0.1, -0.05) is 13.3 Å². The van der Waals surface area contributed by atoms with Crippen molar-refractivity contribution in [1.82, 2.24) is 0 Å². The van der Waals surface area contributed by atoms with Crippen LogP contribution in [0.5, 0.6) is 0 Å². The predicted octanol–water partition coefficient (Wildman–Crippen LogP) is 1.52. The summed E-state index contributed by atoms with van der Waals surface area (Å²) in [7, 11) is 0. The number of Topliss-reactive ketones (excluding diaryl/α,β-unsaturated/α-hetero) is 1. The zero-order valence-corrected chi connectivity index (χ0v) is 7.75. The summed E-state index contributed by atoms with van der Waals surface area (Å²) in [6.07, 6.45) is 3.96. The van der Waals surface area contributed by atoms with Crippen LogP contribution in [-0.4, -0.2) is 12.3 Å². The first-order valence-electron chi connectivity index (χ1n) is 3.92. The molecule has 0 saturated heterocycles. The van der Waals surface area contributed by atoms with Crippen molar-refractivity contribution in [2.75, 3.05) is 6.54 Å². The molecule has 1 atom stereocenters.